The van der Waals surface area contributed by atoms with E-state index in [1.807, 2.05) is 9.80 Å². The Balaban J connectivity index is 1.43. The minimum atomic E-state index is -0.112. The molecule has 2 amide bonds. The fourth-order valence-electron chi connectivity index (χ4n) is 3.28. The van der Waals surface area contributed by atoms with E-state index < -0.39 is 0 Å². The van der Waals surface area contributed by atoms with Crippen LogP contribution in [0.15, 0.2) is 0 Å². The Morgan fingerprint density at radius 1 is 0.952 bits per heavy atom. The number of carbonyl (C=O) groups excluding carboxylic acids is 2. The van der Waals surface area contributed by atoms with Crippen molar-refractivity contribution in [1.29, 1.82) is 0 Å². The third-order valence-corrected chi connectivity index (χ3v) is 4.65. The summed E-state index contributed by atoms with van der Waals surface area (Å²) in [7, 11) is 0. The Morgan fingerprint density at radius 3 is 2.24 bits per heavy atom. The highest BCUT2D eigenvalue weighted by Gasteiger charge is 2.32. The van der Waals surface area contributed by atoms with E-state index in [-0.39, 0.29) is 24.0 Å². The Labute approximate surface area is 125 Å². The van der Waals surface area contributed by atoms with Gasteiger partial charge in [0.1, 0.15) is 6.10 Å². The molecule has 0 aliphatic carbocycles. The molecule has 0 radical (unpaired) electrons. The predicted molar refractivity (Wildman–Crippen MR) is 75.8 cm³/mol. The standard InChI is InChI=1S/C15H24N2O4/c18-14(21-13-5-10-20-11-13)12-3-8-17(9-4-12)15(19)16-6-1-2-7-16/h12-13H,1-11H2. The number of esters is 1. The van der Waals surface area contributed by atoms with E-state index in [1.165, 1.54) is 0 Å². The van der Waals surface area contributed by atoms with Crippen molar-refractivity contribution in [1.82, 2.24) is 9.80 Å². The second-order valence-corrected chi connectivity index (χ2v) is 6.16. The molecular formula is C15H24N2O4. The summed E-state index contributed by atoms with van der Waals surface area (Å²) in [4.78, 5) is 28.2. The van der Waals surface area contributed by atoms with Gasteiger partial charge >= 0.3 is 12.0 Å². The summed E-state index contributed by atoms with van der Waals surface area (Å²) in [6, 6.07) is 0.142. The third-order valence-electron chi connectivity index (χ3n) is 4.65. The number of rotatable bonds is 2. The molecule has 3 rings (SSSR count). The second-order valence-electron chi connectivity index (χ2n) is 6.16. The smallest absolute Gasteiger partial charge is 0.319 e. The van der Waals surface area contributed by atoms with E-state index >= 15 is 0 Å². The number of urea groups is 1. The summed E-state index contributed by atoms with van der Waals surface area (Å²) >= 11 is 0. The molecule has 3 aliphatic rings. The van der Waals surface area contributed by atoms with Gasteiger partial charge in [-0.05, 0) is 25.7 Å². The van der Waals surface area contributed by atoms with Crippen LogP contribution in [0.4, 0.5) is 4.79 Å². The summed E-state index contributed by atoms with van der Waals surface area (Å²) < 4.78 is 10.7. The van der Waals surface area contributed by atoms with E-state index in [0.717, 1.165) is 32.4 Å². The summed E-state index contributed by atoms with van der Waals surface area (Å²) in [5.74, 6) is -0.174. The zero-order valence-corrected chi connectivity index (χ0v) is 12.5. The van der Waals surface area contributed by atoms with Crippen molar-refractivity contribution in [3.63, 3.8) is 0 Å². The van der Waals surface area contributed by atoms with E-state index in [0.29, 0.717) is 39.1 Å². The lowest BCUT2D eigenvalue weighted by Gasteiger charge is -2.33. The molecule has 21 heavy (non-hydrogen) atoms. The number of piperidine rings is 1. The summed E-state index contributed by atoms with van der Waals surface area (Å²) in [5.41, 5.74) is 0. The lowest BCUT2D eigenvalue weighted by Crippen LogP contribution is -2.46. The molecule has 0 aromatic rings. The maximum atomic E-state index is 12.3. The Morgan fingerprint density at radius 2 is 1.62 bits per heavy atom. The first kappa shape index (κ1) is 14.6. The van der Waals surface area contributed by atoms with Gasteiger partial charge in [-0.1, -0.05) is 0 Å². The van der Waals surface area contributed by atoms with E-state index in [1.54, 1.807) is 0 Å². The molecule has 0 aromatic heterocycles. The van der Waals surface area contributed by atoms with Crippen molar-refractivity contribution < 1.29 is 19.1 Å². The normalized spacial score (nSPS) is 27.1. The van der Waals surface area contributed by atoms with Crippen molar-refractivity contribution in [3.05, 3.63) is 0 Å². The van der Waals surface area contributed by atoms with Crippen LogP contribution >= 0.6 is 0 Å². The van der Waals surface area contributed by atoms with Gasteiger partial charge in [-0.15, -0.1) is 0 Å². The van der Waals surface area contributed by atoms with Gasteiger partial charge in [-0.3, -0.25) is 4.79 Å². The molecule has 1 atom stereocenters. The third kappa shape index (κ3) is 3.48. The van der Waals surface area contributed by atoms with E-state index in [9.17, 15) is 9.59 Å². The number of nitrogens with zero attached hydrogens (tertiary/aromatic N) is 2. The maximum absolute atomic E-state index is 12.3. The zero-order valence-electron chi connectivity index (χ0n) is 12.5. The number of carbonyl (C=O) groups is 2. The fraction of sp³-hybridized carbons (Fsp3) is 0.867. The topological polar surface area (TPSA) is 59.1 Å². The van der Waals surface area contributed by atoms with Crippen LogP contribution in [0.25, 0.3) is 0 Å². The minimum Gasteiger partial charge on any atom is -0.460 e. The van der Waals surface area contributed by atoms with Crippen LogP contribution in [0.2, 0.25) is 0 Å². The van der Waals surface area contributed by atoms with Gasteiger partial charge in [-0.25, -0.2) is 4.79 Å². The Kier molecular flexibility index (Phi) is 4.63. The van der Waals surface area contributed by atoms with Gasteiger partial charge in [-0.2, -0.15) is 0 Å². The van der Waals surface area contributed by atoms with Gasteiger partial charge in [0.2, 0.25) is 0 Å². The lowest BCUT2D eigenvalue weighted by atomic mass is 9.97. The van der Waals surface area contributed by atoms with Crippen LogP contribution in [0.3, 0.4) is 0 Å². The number of amides is 2. The molecule has 0 bridgehead atoms. The average molecular weight is 296 g/mol. The van der Waals surface area contributed by atoms with Crippen LogP contribution < -0.4 is 0 Å². The summed E-state index contributed by atoms with van der Waals surface area (Å²) in [6.07, 6.45) is 4.38. The number of ether oxygens (including phenoxy) is 2. The van der Waals surface area contributed by atoms with Gasteiger partial charge < -0.3 is 19.3 Å². The summed E-state index contributed by atoms with van der Waals surface area (Å²) in [5, 5.41) is 0. The van der Waals surface area contributed by atoms with Crippen molar-refractivity contribution >= 4 is 12.0 Å². The largest absolute Gasteiger partial charge is 0.460 e. The Bertz CT molecular complexity index is 381. The molecule has 6 heteroatoms. The SMILES string of the molecule is O=C(OC1CCOC1)C1CCN(C(=O)N2CCCC2)CC1. The molecule has 3 aliphatic heterocycles. The first-order valence-corrected chi connectivity index (χ1v) is 8.06. The molecule has 0 saturated carbocycles. The van der Waals surface area contributed by atoms with Crippen molar-refractivity contribution in [3.8, 4) is 0 Å². The quantitative estimate of drug-likeness (QED) is 0.720. The van der Waals surface area contributed by atoms with Gasteiger partial charge in [0.05, 0.1) is 19.1 Å². The van der Waals surface area contributed by atoms with Crippen molar-refractivity contribution in [2.75, 3.05) is 39.4 Å². The fourth-order valence-corrected chi connectivity index (χ4v) is 3.28. The van der Waals surface area contributed by atoms with Crippen molar-refractivity contribution in [2.45, 2.75) is 38.2 Å². The van der Waals surface area contributed by atoms with Crippen LogP contribution in [-0.4, -0.2) is 67.3 Å². The second kappa shape index (κ2) is 6.64. The van der Waals surface area contributed by atoms with Crippen LogP contribution in [0.5, 0.6) is 0 Å². The van der Waals surface area contributed by atoms with Crippen LogP contribution in [-0.2, 0) is 14.3 Å². The monoisotopic (exact) mass is 296 g/mol. The predicted octanol–water partition coefficient (Wildman–Crippen LogP) is 1.25. The van der Waals surface area contributed by atoms with Gasteiger partial charge in [0.25, 0.3) is 0 Å². The highest BCUT2D eigenvalue weighted by Crippen LogP contribution is 2.22. The first-order valence-electron chi connectivity index (χ1n) is 8.06. The first-order chi connectivity index (χ1) is 10.2. The molecule has 3 heterocycles. The molecule has 0 aromatic carbocycles. The molecule has 3 fully saturated rings. The van der Waals surface area contributed by atoms with Crippen LogP contribution in [0.1, 0.15) is 32.1 Å². The lowest BCUT2D eigenvalue weighted by molar-refractivity contribution is -0.155. The van der Waals surface area contributed by atoms with Gasteiger partial charge in [0, 0.05) is 32.6 Å². The number of hydrogen-bond acceptors (Lipinski definition) is 4. The van der Waals surface area contributed by atoms with Crippen LogP contribution in [0, 0.1) is 5.92 Å². The molecule has 1 unspecified atom stereocenters. The van der Waals surface area contributed by atoms with Crippen molar-refractivity contribution in [2.24, 2.45) is 5.92 Å². The molecule has 118 valence electrons. The molecule has 3 saturated heterocycles. The van der Waals surface area contributed by atoms with E-state index in [2.05, 4.69) is 0 Å². The summed E-state index contributed by atoms with van der Waals surface area (Å²) in [6.45, 7) is 4.29. The average Bonchev–Trinajstić information content (AvgIpc) is 3.20. The molecule has 0 spiro atoms. The van der Waals surface area contributed by atoms with E-state index in [4.69, 9.17) is 9.47 Å². The van der Waals surface area contributed by atoms with Gasteiger partial charge in [0.15, 0.2) is 0 Å². The minimum absolute atomic E-state index is 0.0618. The number of likely N-dealkylation sites (tertiary alicyclic amines) is 2. The molecular weight excluding hydrogens is 272 g/mol. The Hall–Kier alpha value is -1.30. The zero-order chi connectivity index (χ0) is 14.7. The maximum Gasteiger partial charge on any atom is 0.319 e. The molecule has 0 N–H and O–H groups in total. The molecule has 6 nitrogen and oxygen atoms in total. The highest BCUT2D eigenvalue weighted by molar-refractivity contribution is 5.76. The highest BCUT2D eigenvalue weighted by atomic mass is 16.6. The number of hydrogen-bond donors (Lipinski definition) is 0.